The SMILES string of the molecule is COC(=O)Cc1ccc(Nc2cc3c(cn2)CCN(C=O)C3)cc1F. The number of benzene rings is 1. The van der Waals surface area contributed by atoms with Gasteiger partial charge in [0.05, 0.1) is 13.5 Å². The van der Waals surface area contributed by atoms with Crippen molar-refractivity contribution in [3.05, 3.63) is 53.0 Å². The van der Waals surface area contributed by atoms with Gasteiger partial charge in [0.1, 0.15) is 11.6 Å². The van der Waals surface area contributed by atoms with Crippen LogP contribution in [0.25, 0.3) is 0 Å². The fourth-order valence-corrected chi connectivity index (χ4v) is 2.76. The molecule has 7 heteroatoms. The smallest absolute Gasteiger partial charge is 0.310 e. The molecule has 1 N–H and O–H groups in total. The minimum absolute atomic E-state index is 0.110. The number of pyridine rings is 1. The molecule has 1 aliphatic heterocycles. The summed E-state index contributed by atoms with van der Waals surface area (Å²) < 4.78 is 18.7. The third kappa shape index (κ3) is 3.93. The molecule has 0 atom stereocenters. The van der Waals surface area contributed by atoms with Crippen molar-refractivity contribution >= 4 is 23.9 Å². The number of carbonyl (C=O) groups excluding carboxylic acids is 2. The normalized spacial score (nSPS) is 13.1. The maximum atomic E-state index is 14.1. The van der Waals surface area contributed by atoms with Gasteiger partial charge in [0.15, 0.2) is 0 Å². The standard InChI is InChI=1S/C18H18FN3O3/c1-25-18(24)7-12-2-3-15(8-16(12)19)21-17-6-14-10-22(11-23)5-4-13(14)9-20-17/h2-3,6,8-9,11H,4-5,7,10H2,1H3,(H,20,21). The Morgan fingerprint density at radius 2 is 2.24 bits per heavy atom. The number of nitrogens with zero attached hydrogens (tertiary/aromatic N) is 2. The summed E-state index contributed by atoms with van der Waals surface area (Å²) in [5.41, 5.74) is 2.95. The van der Waals surface area contributed by atoms with Crippen molar-refractivity contribution in [1.82, 2.24) is 9.88 Å². The number of amides is 1. The number of anilines is 2. The number of halogens is 1. The second-order valence-electron chi connectivity index (χ2n) is 5.85. The molecule has 0 unspecified atom stereocenters. The molecular formula is C18H18FN3O3. The van der Waals surface area contributed by atoms with Gasteiger partial charge < -0.3 is 15.0 Å². The summed E-state index contributed by atoms with van der Waals surface area (Å²) in [5.74, 6) is -0.400. The molecule has 0 fully saturated rings. The number of carbonyl (C=O) groups is 2. The molecule has 1 aromatic carbocycles. The van der Waals surface area contributed by atoms with Gasteiger partial charge in [-0.25, -0.2) is 9.37 Å². The summed E-state index contributed by atoms with van der Waals surface area (Å²) in [7, 11) is 1.27. The van der Waals surface area contributed by atoms with Crippen LogP contribution in [-0.2, 0) is 33.7 Å². The van der Waals surface area contributed by atoms with Crippen LogP contribution in [0.5, 0.6) is 0 Å². The highest BCUT2D eigenvalue weighted by atomic mass is 19.1. The molecule has 0 saturated carbocycles. The molecule has 130 valence electrons. The third-order valence-electron chi connectivity index (χ3n) is 4.16. The van der Waals surface area contributed by atoms with Crippen LogP contribution in [0.2, 0.25) is 0 Å². The molecule has 1 aliphatic rings. The molecule has 1 aromatic heterocycles. The molecule has 3 rings (SSSR count). The number of rotatable bonds is 5. The van der Waals surface area contributed by atoms with E-state index in [1.807, 2.05) is 6.07 Å². The van der Waals surface area contributed by atoms with Crippen LogP contribution < -0.4 is 5.32 Å². The number of ether oxygens (including phenoxy) is 1. The molecule has 0 aliphatic carbocycles. The lowest BCUT2D eigenvalue weighted by molar-refractivity contribution is -0.139. The van der Waals surface area contributed by atoms with Crippen molar-refractivity contribution < 1.29 is 18.7 Å². The van der Waals surface area contributed by atoms with Gasteiger partial charge in [-0.1, -0.05) is 6.07 Å². The number of hydrogen-bond donors (Lipinski definition) is 1. The van der Waals surface area contributed by atoms with Gasteiger partial charge >= 0.3 is 5.97 Å². The first-order chi connectivity index (χ1) is 12.1. The van der Waals surface area contributed by atoms with E-state index in [1.54, 1.807) is 23.2 Å². The highest BCUT2D eigenvalue weighted by Gasteiger charge is 2.16. The minimum atomic E-state index is -0.490. The average Bonchev–Trinajstić information content (AvgIpc) is 2.63. The lowest BCUT2D eigenvalue weighted by Gasteiger charge is -2.25. The lowest BCUT2D eigenvalue weighted by Crippen LogP contribution is -2.29. The summed E-state index contributed by atoms with van der Waals surface area (Å²) in [5, 5.41) is 3.05. The van der Waals surface area contributed by atoms with Crippen molar-refractivity contribution in [3.63, 3.8) is 0 Å². The van der Waals surface area contributed by atoms with Crippen molar-refractivity contribution in [2.75, 3.05) is 19.0 Å². The first-order valence-electron chi connectivity index (χ1n) is 7.88. The van der Waals surface area contributed by atoms with Crippen LogP contribution in [0, 0.1) is 5.82 Å². The molecule has 2 heterocycles. The van der Waals surface area contributed by atoms with Gasteiger partial charge in [-0.15, -0.1) is 0 Å². The van der Waals surface area contributed by atoms with E-state index < -0.39 is 11.8 Å². The maximum absolute atomic E-state index is 14.1. The van der Waals surface area contributed by atoms with Crippen molar-refractivity contribution in [2.24, 2.45) is 0 Å². The number of hydrogen-bond acceptors (Lipinski definition) is 5. The van der Waals surface area contributed by atoms with E-state index in [-0.39, 0.29) is 12.0 Å². The number of methoxy groups -OCH3 is 1. The zero-order valence-corrected chi connectivity index (χ0v) is 13.8. The Morgan fingerprint density at radius 1 is 1.40 bits per heavy atom. The number of nitrogens with one attached hydrogen (secondary N) is 1. The highest BCUT2D eigenvalue weighted by molar-refractivity contribution is 5.73. The van der Waals surface area contributed by atoms with Crippen LogP contribution in [0.1, 0.15) is 16.7 Å². The maximum Gasteiger partial charge on any atom is 0.310 e. The van der Waals surface area contributed by atoms with Gasteiger partial charge in [-0.3, -0.25) is 9.59 Å². The van der Waals surface area contributed by atoms with E-state index in [4.69, 9.17) is 0 Å². The Morgan fingerprint density at radius 3 is 2.96 bits per heavy atom. The Hall–Kier alpha value is -2.96. The van der Waals surface area contributed by atoms with Crippen molar-refractivity contribution in [1.29, 1.82) is 0 Å². The third-order valence-corrected chi connectivity index (χ3v) is 4.16. The van der Waals surface area contributed by atoms with Crippen LogP contribution in [0.3, 0.4) is 0 Å². The zero-order chi connectivity index (χ0) is 17.8. The van der Waals surface area contributed by atoms with E-state index in [1.165, 1.54) is 13.2 Å². The Labute approximate surface area is 144 Å². The fourth-order valence-electron chi connectivity index (χ4n) is 2.76. The largest absolute Gasteiger partial charge is 0.469 e. The predicted octanol–water partition coefficient (Wildman–Crippen LogP) is 2.19. The van der Waals surface area contributed by atoms with Gasteiger partial charge in [-0.2, -0.15) is 0 Å². The summed E-state index contributed by atoms with van der Waals surface area (Å²) in [6.45, 7) is 1.24. The van der Waals surface area contributed by atoms with Gasteiger partial charge in [0.25, 0.3) is 0 Å². The van der Waals surface area contributed by atoms with Crippen molar-refractivity contribution in [2.45, 2.75) is 19.4 Å². The first kappa shape index (κ1) is 16.9. The minimum Gasteiger partial charge on any atom is -0.469 e. The second-order valence-corrected chi connectivity index (χ2v) is 5.85. The Balaban J connectivity index is 1.75. The van der Waals surface area contributed by atoms with Gasteiger partial charge in [0.2, 0.25) is 6.41 Å². The number of fused-ring (bicyclic) bond motifs is 1. The summed E-state index contributed by atoms with van der Waals surface area (Å²) in [6.07, 6.45) is 3.28. The summed E-state index contributed by atoms with van der Waals surface area (Å²) in [4.78, 5) is 28.2. The second kappa shape index (κ2) is 7.29. The van der Waals surface area contributed by atoms with E-state index in [0.717, 1.165) is 24.0 Å². The molecule has 0 radical (unpaired) electrons. The molecule has 2 aromatic rings. The fraction of sp³-hybridized carbons (Fsp3) is 0.278. The number of aromatic nitrogens is 1. The molecule has 6 nitrogen and oxygen atoms in total. The quantitative estimate of drug-likeness (QED) is 0.666. The highest BCUT2D eigenvalue weighted by Crippen LogP contribution is 2.23. The molecule has 25 heavy (non-hydrogen) atoms. The molecular weight excluding hydrogens is 325 g/mol. The van der Waals surface area contributed by atoms with Gasteiger partial charge in [0, 0.05) is 25.0 Å². The van der Waals surface area contributed by atoms with E-state index in [2.05, 4.69) is 15.0 Å². The van der Waals surface area contributed by atoms with E-state index in [0.29, 0.717) is 24.6 Å². The van der Waals surface area contributed by atoms with Crippen LogP contribution in [0.4, 0.5) is 15.9 Å². The molecule has 0 saturated heterocycles. The predicted molar refractivity (Wildman–Crippen MR) is 89.8 cm³/mol. The van der Waals surface area contributed by atoms with Crippen LogP contribution >= 0.6 is 0 Å². The van der Waals surface area contributed by atoms with Gasteiger partial charge in [-0.05, 0) is 41.3 Å². The zero-order valence-electron chi connectivity index (χ0n) is 13.8. The van der Waals surface area contributed by atoms with Crippen LogP contribution in [-0.4, -0.2) is 35.9 Å². The molecule has 1 amide bonds. The lowest BCUT2D eigenvalue weighted by atomic mass is 10.0. The molecule has 0 bridgehead atoms. The topological polar surface area (TPSA) is 71.5 Å². The summed E-state index contributed by atoms with van der Waals surface area (Å²) >= 11 is 0. The number of esters is 1. The van der Waals surface area contributed by atoms with Crippen LogP contribution in [0.15, 0.2) is 30.5 Å². The first-order valence-corrected chi connectivity index (χ1v) is 7.88. The average molecular weight is 343 g/mol. The van der Waals surface area contributed by atoms with E-state index in [9.17, 15) is 14.0 Å². The summed E-state index contributed by atoms with van der Waals surface area (Å²) in [6, 6.07) is 6.41. The Kier molecular flexibility index (Phi) is 4.92. The van der Waals surface area contributed by atoms with Crippen molar-refractivity contribution in [3.8, 4) is 0 Å². The monoisotopic (exact) mass is 343 g/mol. The molecule has 0 spiro atoms. The Bertz CT molecular complexity index is 810. The van der Waals surface area contributed by atoms with E-state index >= 15 is 0 Å².